The van der Waals surface area contributed by atoms with Crippen LogP contribution in [-0.4, -0.2) is 17.2 Å². The van der Waals surface area contributed by atoms with E-state index in [4.69, 9.17) is 16.5 Å². The maximum atomic E-state index is 9.12. The molecule has 0 fully saturated rings. The second kappa shape index (κ2) is 4.10. The van der Waals surface area contributed by atoms with E-state index < -0.39 is 7.12 Å². The Kier molecular flexibility index (Phi) is 3.23. The number of rotatable bonds is 1. The van der Waals surface area contributed by atoms with Crippen LogP contribution in [0, 0.1) is 12.3 Å². The highest BCUT2D eigenvalue weighted by atomic mass is 16.4. The molecule has 1 aromatic carbocycles. The molecule has 0 atom stereocenters. The number of terminal acetylenes is 1. The summed E-state index contributed by atoms with van der Waals surface area (Å²) in [6.45, 7) is 6.16. The van der Waals surface area contributed by atoms with E-state index in [1.54, 1.807) is 12.1 Å². The lowest BCUT2D eigenvalue weighted by Gasteiger charge is -2.20. The predicted octanol–water partition coefficient (Wildman–Crippen LogP) is 0.645. The lowest BCUT2D eigenvalue weighted by molar-refractivity contribution is 0.425. The third-order valence-corrected chi connectivity index (χ3v) is 2.29. The number of hydrogen-bond donors (Lipinski definition) is 2. The molecule has 0 aliphatic heterocycles. The van der Waals surface area contributed by atoms with Crippen molar-refractivity contribution in [3.05, 3.63) is 29.3 Å². The molecule has 0 amide bonds. The molecule has 0 unspecified atom stereocenters. The third kappa shape index (κ3) is 2.85. The first-order chi connectivity index (χ1) is 6.84. The zero-order valence-electron chi connectivity index (χ0n) is 9.28. The minimum absolute atomic E-state index is 0.0590. The second-order valence-electron chi connectivity index (χ2n) is 4.61. The molecule has 0 aliphatic rings. The van der Waals surface area contributed by atoms with Crippen molar-refractivity contribution in [2.45, 2.75) is 26.2 Å². The van der Waals surface area contributed by atoms with E-state index in [0.717, 1.165) is 5.56 Å². The van der Waals surface area contributed by atoms with Crippen LogP contribution in [0.15, 0.2) is 18.2 Å². The van der Waals surface area contributed by atoms with Crippen LogP contribution in [0.5, 0.6) is 0 Å². The standard InChI is InChI=1S/C12H15BO2/c1-5-9-6-10(12(2,3)4)8-11(7-9)13(14)15/h1,6-8,14-15H,2-4H3. The van der Waals surface area contributed by atoms with Crippen molar-refractivity contribution >= 4 is 12.6 Å². The van der Waals surface area contributed by atoms with Gasteiger partial charge in [0.15, 0.2) is 0 Å². The molecule has 0 spiro atoms. The van der Waals surface area contributed by atoms with Gasteiger partial charge >= 0.3 is 7.12 Å². The van der Waals surface area contributed by atoms with Crippen LogP contribution in [0.1, 0.15) is 31.9 Å². The van der Waals surface area contributed by atoms with Gasteiger partial charge < -0.3 is 10.0 Å². The largest absolute Gasteiger partial charge is 0.488 e. The SMILES string of the molecule is C#Cc1cc(B(O)O)cc(C(C)(C)C)c1. The zero-order valence-corrected chi connectivity index (χ0v) is 9.28. The van der Waals surface area contributed by atoms with E-state index in [1.165, 1.54) is 0 Å². The van der Waals surface area contributed by atoms with Gasteiger partial charge in [-0.05, 0) is 28.6 Å². The average molecular weight is 202 g/mol. The molecule has 2 N–H and O–H groups in total. The van der Waals surface area contributed by atoms with E-state index in [2.05, 4.69) is 26.7 Å². The Morgan fingerprint density at radius 2 is 1.80 bits per heavy atom. The molecule has 1 rings (SSSR count). The van der Waals surface area contributed by atoms with Crippen molar-refractivity contribution in [2.75, 3.05) is 0 Å². The average Bonchev–Trinajstić information content (AvgIpc) is 2.15. The summed E-state index contributed by atoms with van der Waals surface area (Å²) in [5, 5.41) is 18.2. The zero-order chi connectivity index (χ0) is 11.6. The van der Waals surface area contributed by atoms with Gasteiger partial charge in [0.05, 0.1) is 0 Å². The van der Waals surface area contributed by atoms with Crippen molar-refractivity contribution in [1.29, 1.82) is 0 Å². The molecule has 0 radical (unpaired) electrons. The normalized spacial score (nSPS) is 10.9. The van der Waals surface area contributed by atoms with Crippen LogP contribution in [0.4, 0.5) is 0 Å². The predicted molar refractivity (Wildman–Crippen MR) is 62.9 cm³/mol. The molecule has 78 valence electrons. The highest BCUT2D eigenvalue weighted by Crippen LogP contribution is 2.21. The highest BCUT2D eigenvalue weighted by Gasteiger charge is 2.18. The molecular formula is C12H15BO2. The second-order valence-corrected chi connectivity index (χ2v) is 4.61. The van der Waals surface area contributed by atoms with Crippen molar-refractivity contribution < 1.29 is 10.0 Å². The maximum absolute atomic E-state index is 9.12. The van der Waals surface area contributed by atoms with Gasteiger partial charge in [0.25, 0.3) is 0 Å². The number of benzene rings is 1. The summed E-state index contributed by atoms with van der Waals surface area (Å²) >= 11 is 0. The van der Waals surface area contributed by atoms with Crippen molar-refractivity contribution in [3.63, 3.8) is 0 Å². The minimum atomic E-state index is -1.47. The molecule has 0 aliphatic carbocycles. The van der Waals surface area contributed by atoms with Gasteiger partial charge in [0.2, 0.25) is 0 Å². The van der Waals surface area contributed by atoms with Crippen LogP contribution in [-0.2, 0) is 5.41 Å². The van der Waals surface area contributed by atoms with Gasteiger partial charge in [-0.15, -0.1) is 6.42 Å². The fourth-order valence-corrected chi connectivity index (χ4v) is 1.32. The van der Waals surface area contributed by atoms with E-state index in [-0.39, 0.29) is 5.41 Å². The summed E-state index contributed by atoms with van der Waals surface area (Å²) in [6, 6.07) is 5.28. The van der Waals surface area contributed by atoms with Gasteiger partial charge in [-0.25, -0.2) is 0 Å². The summed E-state index contributed by atoms with van der Waals surface area (Å²) in [4.78, 5) is 0. The smallest absolute Gasteiger partial charge is 0.423 e. The van der Waals surface area contributed by atoms with Gasteiger partial charge in [-0.1, -0.05) is 32.8 Å². The molecular weight excluding hydrogens is 187 g/mol. The van der Waals surface area contributed by atoms with Gasteiger partial charge in [0, 0.05) is 5.56 Å². The Hall–Kier alpha value is -1.24. The molecule has 2 nitrogen and oxygen atoms in total. The molecule has 0 saturated carbocycles. The summed E-state index contributed by atoms with van der Waals surface area (Å²) in [5.41, 5.74) is 2.05. The van der Waals surface area contributed by atoms with E-state index in [9.17, 15) is 0 Å². The molecule has 0 bridgehead atoms. The Bertz CT molecular complexity index is 397. The molecule has 0 heterocycles. The van der Waals surface area contributed by atoms with E-state index in [1.807, 2.05) is 6.07 Å². The minimum Gasteiger partial charge on any atom is -0.423 e. The summed E-state index contributed by atoms with van der Waals surface area (Å²) < 4.78 is 0. The monoisotopic (exact) mass is 202 g/mol. The molecule has 3 heteroatoms. The van der Waals surface area contributed by atoms with Crippen LogP contribution >= 0.6 is 0 Å². The Labute approximate surface area is 91.1 Å². The van der Waals surface area contributed by atoms with Crippen molar-refractivity contribution in [2.24, 2.45) is 0 Å². The fourth-order valence-electron chi connectivity index (χ4n) is 1.32. The first kappa shape index (κ1) is 11.8. The highest BCUT2D eigenvalue weighted by molar-refractivity contribution is 6.58. The lowest BCUT2D eigenvalue weighted by Crippen LogP contribution is -2.31. The number of hydrogen-bond acceptors (Lipinski definition) is 2. The van der Waals surface area contributed by atoms with Gasteiger partial charge in [-0.2, -0.15) is 0 Å². The van der Waals surface area contributed by atoms with Gasteiger partial charge in [0.1, 0.15) is 0 Å². The molecule has 15 heavy (non-hydrogen) atoms. The maximum Gasteiger partial charge on any atom is 0.488 e. The van der Waals surface area contributed by atoms with E-state index in [0.29, 0.717) is 11.0 Å². The van der Waals surface area contributed by atoms with Crippen LogP contribution < -0.4 is 5.46 Å². The molecule has 0 aromatic heterocycles. The van der Waals surface area contributed by atoms with Crippen LogP contribution in [0.25, 0.3) is 0 Å². The Balaban J connectivity index is 3.32. The third-order valence-electron chi connectivity index (χ3n) is 2.29. The van der Waals surface area contributed by atoms with Gasteiger partial charge in [-0.3, -0.25) is 0 Å². The summed E-state index contributed by atoms with van der Waals surface area (Å²) in [6.07, 6.45) is 5.32. The Morgan fingerprint density at radius 3 is 2.20 bits per heavy atom. The topological polar surface area (TPSA) is 40.5 Å². The fraction of sp³-hybridized carbons (Fsp3) is 0.333. The molecule has 1 aromatic rings. The first-order valence-corrected chi connectivity index (χ1v) is 4.83. The van der Waals surface area contributed by atoms with Crippen LogP contribution in [0.2, 0.25) is 0 Å². The van der Waals surface area contributed by atoms with Crippen molar-refractivity contribution in [3.8, 4) is 12.3 Å². The summed E-state index contributed by atoms with van der Waals surface area (Å²) in [7, 11) is -1.47. The molecule has 0 saturated heterocycles. The Morgan fingerprint density at radius 1 is 1.20 bits per heavy atom. The quantitative estimate of drug-likeness (QED) is 0.518. The van der Waals surface area contributed by atoms with E-state index >= 15 is 0 Å². The summed E-state index contributed by atoms with van der Waals surface area (Å²) in [5.74, 6) is 2.51. The first-order valence-electron chi connectivity index (χ1n) is 4.83. The lowest BCUT2D eigenvalue weighted by atomic mass is 9.75. The van der Waals surface area contributed by atoms with Crippen molar-refractivity contribution in [1.82, 2.24) is 0 Å². The van der Waals surface area contributed by atoms with Crippen LogP contribution in [0.3, 0.4) is 0 Å².